The van der Waals surface area contributed by atoms with Crippen LogP contribution < -0.4 is 0 Å². The molecule has 8 heteroatoms. The highest BCUT2D eigenvalue weighted by molar-refractivity contribution is 9.10. The van der Waals surface area contributed by atoms with Crippen LogP contribution in [0.3, 0.4) is 0 Å². The van der Waals surface area contributed by atoms with Crippen molar-refractivity contribution >= 4 is 33.5 Å². The molecule has 0 radical (unpaired) electrons. The number of hydrogen-bond acceptors (Lipinski definition) is 4. The van der Waals surface area contributed by atoms with Gasteiger partial charge in [0.15, 0.2) is 0 Å². The molecule has 0 saturated carbocycles. The van der Waals surface area contributed by atoms with E-state index in [2.05, 4.69) is 25.8 Å². The number of carbonyl (C=O) groups excluding carboxylic acids is 1. The summed E-state index contributed by atoms with van der Waals surface area (Å²) in [5.74, 6) is -1.24. The zero-order valence-electron chi connectivity index (χ0n) is 15.4. The predicted octanol–water partition coefficient (Wildman–Crippen LogP) is 4.75. The minimum atomic E-state index is -0.496. The summed E-state index contributed by atoms with van der Waals surface area (Å²) in [6.45, 7) is 1.78. The maximum Gasteiger partial charge on any atom is 0.308 e. The van der Waals surface area contributed by atoms with E-state index in [1.807, 2.05) is 0 Å². The quantitative estimate of drug-likeness (QED) is 0.464. The molecule has 2 aromatic rings. The Morgan fingerprint density at radius 2 is 1.93 bits per heavy atom. The van der Waals surface area contributed by atoms with Gasteiger partial charge in [0, 0.05) is 18.5 Å². The van der Waals surface area contributed by atoms with Gasteiger partial charge in [-0.15, -0.1) is 0 Å². The molecule has 3 rings (SSSR count). The number of piperidine rings is 1. The fraction of sp³-hybridized carbons (Fsp3) is 0.400. The summed E-state index contributed by atoms with van der Waals surface area (Å²) < 4.78 is 34.0. The van der Waals surface area contributed by atoms with Gasteiger partial charge in [0.05, 0.1) is 23.7 Å². The molecule has 1 aliphatic rings. The Morgan fingerprint density at radius 3 is 2.61 bits per heavy atom. The number of methoxy groups -OCH3 is 1. The first-order valence-corrected chi connectivity index (χ1v) is 10.1. The molecule has 0 spiro atoms. The van der Waals surface area contributed by atoms with E-state index in [1.165, 1.54) is 19.2 Å². The van der Waals surface area contributed by atoms with Crippen LogP contribution in [0.1, 0.15) is 29.7 Å². The Morgan fingerprint density at radius 1 is 1.25 bits per heavy atom. The van der Waals surface area contributed by atoms with Crippen molar-refractivity contribution in [2.24, 2.45) is 5.92 Å². The number of benzene rings is 1. The number of rotatable bonds is 5. The molecule has 0 N–H and O–H groups in total. The lowest BCUT2D eigenvalue weighted by Gasteiger charge is -2.30. The van der Waals surface area contributed by atoms with Gasteiger partial charge in [-0.05, 0) is 59.6 Å². The maximum absolute atomic E-state index is 14.8. The standard InChI is InChI=1S/C20H20BrClF2N2O2/c1-28-20(27)12-6-8-26(9-7-12)11-14-3-2-13(18(22)19(14)24)10-16-15(23)4-5-17(21)25-16/h2-5,12H,6-11H2,1H3. The van der Waals surface area contributed by atoms with E-state index in [-0.39, 0.29) is 29.0 Å². The van der Waals surface area contributed by atoms with Gasteiger partial charge >= 0.3 is 5.97 Å². The van der Waals surface area contributed by atoms with Crippen LogP contribution in [0.15, 0.2) is 28.9 Å². The van der Waals surface area contributed by atoms with Crippen LogP contribution >= 0.6 is 27.5 Å². The molecule has 0 bridgehead atoms. The third-order valence-corrected chi connectivity index (χ3v) is 5.85. The van der Waals surface area contributed by atoms with Crippen molar-refractivity contribution in [2.75, 3.05) is 20.2 Å². The highest BCUT2D eigenvalue weighted by Crippen LogP contribution is 2.28. The third kappa shape index (κ3) is 4.88. The second-order valence-electron chi connectivity index (χ2n) is 6.82. The largest absolute Gasteiger partial charge is 0.469 e. The lowest BCUT2D eigenvalue weighted by molar-refractivity contribution is -0.147. The van der Waals surface area contributed by atoms with Crippen molar-refractivity contribution in [1.29, 1.82) is 0 Å². The van der Waals surface area contributed by atoms with Gasteiger partial charge in [-0.2, -0.15) is 0 Å². The second kappa shape index (κ2) is 9.29. The number of ether oxygens (including phenoxy) is 1. The monoisotopic (exact) mass is 472 g/mol. The smallest absolute Gasteiger partial charge is 0.308 e. The van der Waals surface area contributed by atoms with Crippen molar-refractivity contribution in [3.63, 3.8) is 0 Å². The zero-order valence-corrected chi connectivity index (χ0v) is 17.7. The lowest BCUT2D eigenvalue weighted by atomic mass is 9.96. The molecule has 0 unspecified atom stereocenters. The highest BCUT2D eigenvalue weighted by atomic mass is 79.9. The van der Waals surface area contributed by atoms with Crippen LogP contribution in [0.25, 0.3) is 0 Å². The second-order valence-corrected chi connectivity index (χ2v) is 8.02. The molecule has 4 nitrogen and oxygen atoms in total. The van der Waals surface area contributed by atoms with Crippen molar-refractivity contribution in [3.8, 4) is 0 Å². The van der Waals surface area contributed by atoms with E-state index >= 15 is 0 Å². The van der Waals surface area contributed by atoms with E-state index in [9.17, 15) is 13.6 Å². The van der Waals surface area contributed by atoms with E-state index in [4.69, 9.17) is 16.3 Å². The fourth-order valence-electron chi connectivity index (χ4n) is 3.38. The van der Waals surface area contributed by atoms with Gasteiger partial charge in [-0.25, -0.2) is 13.8 Å². The number of nitrogens with zero attached hydrogens (tertiary/aromatic N) is 2. The number of aromatic nitrogens is 1. The van der Waals surface area contributed by atoms with Crippen LogP contribution in [-0.2, 0) is 22.5 Å². The lowest BCUT2D eigenvalue weighted by Crippen LogP contribution is -2.36. The molecule has 150 valence electrons. The van der Waals surface area contributed by atoms with E-state index in [1.54, 1.807) is 12.1 Å². The van der Waals surface area contributed by atoms with Crippen LogP contribution in [-0.4, -0.2) is 36.1 Å². The molecule has 0 aliphatic carbocycles. The van der Waals surface area contributed by atoms with Gasteiger partial charge in [0.1, 0.15) is 16.2 Å². The number of likely N-dealkylation sites (tertiary alicyclic amines) is 1. The van der Waals surface area contributed by atoms with Crippen molar-refractivity contribution in [3.05, 3.63) is 62.3 Å². The van der Waals surface area contributed by atoms with E-state index < -0.39 is 11.6 Å². The van der Waals surface area contributed by atoms with Crippen LogP contribution in [0.5, 0.6) is 0 Å². The molecule has 1 saturated heterocycles. The third-order valence-electron chi connectivity index (χ3n) is 5.00. The van der Waals surface area contributed by atoms with Crippen LogP contribution in [0, 0.1) is 17.6 Å². The normalized spacial score (nSPS) is 15.6. The van der Waals surface area contributed by atoms with Gasteiger partial charge in [0.2, 0.25) is 0 Å². The Kier molecular flexibility index (Phi) is 7.01. The molecule has 28 heavy (non-hydrogen) atoms. The minimum absolute atomic E-state index is 0.0110. The number of halogens is 4. The highest BCUT2D eigenvalue weighted by Gasteiger charge is 2.26. The van der Waals surface area contributed by atoms with Crippen molar-refractivity contribution in [2.45, 2.75) is 25.8 Å². The SMILES string of the molecule is COC(=O)C1CCN(Cc2ccc(Cc3nc(Br)ccc3F)c(Cl)c2F)CC1. The Labute approximate surface area is 176 Å². The predicted molar refractivity (Wildman–Crippen MR) is 106 cm³/mol. The summed E-state index contributed by atoms with van der Waals surface area (Å²) in [6, 6.07) is 6.21. The molecule has 0 amide bonds. The summed E-state index contributed by atoms with van der Waals surface area (Å²) in [4.78, 5) is 17.8. The first-order chi connectivity index (χ1) is 13.4. The molecular weight excluding hydrogens is 454 g/mol. The molecule has 0 atom stereocenters. The number of pyridine rings is 1. The minimum Gasteiger partial charge on any atom is -0.469 e. The first-order valence-electron chi connectivity index (χ1n) is 8.96. The van der Waals surface area contributed by atoms with Crippen molar-refractivity contribution in [1.82, 2.24) is 9.88 Å². The molecule has 1 fully saturated rings. The summed E-state index contributed by atoms with van der Waals surface area (Å²) in [5.41, 5.74) is 1.16. The summed E-state index contributed by atoms with van der Waals surface area (Å²) in [7, 11) is 1.39. The van der Waals surface area contributed by atoms with Gasteiger partial charge in [-0.1, -0.05) is 23.7 Å². The van der Waals surface area contributed by atoms with Crippen LogP contribution in [0.2, 0.25) is 5.02 Å². The summed E-state index contributed by atoms with van der Waals surface area (Å²) >= 11 is 9.43. The van der Waals surface area contributed by atoms with Crippen molar-refractivity contribution < 1.29 is 18.3 Å². The summed E-state index contributed by atoms with van der Waals surface area (Å²) in [6.07, 6.45) is 1.48. The van der Waals surface area contributed by atoms with Crippen LogP contribution in [0.4, 0.5) is 8.78 Å². The molecule has 2 heterocycles. The average Bonchev–Trinajstić information content (AvgIpc) is 2.70. The molecule has 1 aromatic heterocycles. The van der Waals surface area contributed by atoms with E-state index in [0.717, 1.165) is 0 Å². The van der Waals surface area contributed by atoms with E-state index in [0.29, 0.717) is 48.2 Å². The topological polar surface area (TPSA) is 42.4 Å². The maximum atomic E-state index is 14.8. The summed E-state index contributed by atoms with van der Waals surface area (Å²) in [5, 5.41) is -0.0110. The Balaban J connectivity index is 1.69. The Hall–Kier alpha value is -1.57. The fourth-order valence-corrected chi connectivity index (χ4v) is 3.98. The van der Waals surface area contributed by atoms with Gasteiger partial charge in [-0.3, -0.25) is 9.69 Å². The number of carbonyl (C=O) groups is 1. The molecule has 1 aromatic carbocycles. The van der Waals surface area contributed by atoms with Gasteiger partial charge < -0.3 is 4.74 Å². The molecule has 1 aliphatic heterocycles. The Bertz CT molecular complexity index is 874. The molecular formula is C20H20BrClF2N2O2. The average molecular weight is 474 g/mol. The number of esters is 1. The number of hydrogen-bond donors (Lipinski definition) is 0. The first kappa shape index (κ1) is 21.1. The zero-order chi connectivity index (χ0) is 20.3. The van der Waals surface area contributed by atoms with Gasteiger partial charge in [0.25, 0.3) is 0 Å².